The molecular formula is C8H12O2. The summed E-state index contributed by atoms with van der Waals surface area (Å²) in [6.45, 7) is 3.90. The van der Waals surface area contributed by atoms with Crippen LogP contribution in [0.25, 0.3) is 0 Å². The third-order valence-electron chi connectivity index (χ3n) is 1.47. The molecule has 0 fully saturated rings. The molecule has 2 nitrogen and oxygen atoms in total. The van der Waals surface area contributed by atoms with Crippen LogP contribution in [0.5, 0.6) is 0 Å². The van der Waals surface area contributed by atoms with Gasteiger partial charge < -0.3 is 9.52 Å². The summed E-state index contributed by atoms with van der Waals surface area (Å²) in [5.74, 6) is 0.862. The van der Waals surface area contributed by atoms with Crippen LogP contribution in [0.4, 0.5) is 0 Å². The first kappa shape index (κ1) is 7.35. The van der Waals surface area contributed by atoms with Crippen LogP contribution in [-0.4, -0.2) is 5.11 Å². The Balaban J connectivity index is 2.68. The minimum absolute atomic E-state index is 0.214. The second-order valence-electron chi connectivity index (χ2n) is 2.70. The van der Waals surface area contributed by atoms with Gasteiger partial charge >= 0.3 is 0 Å². The van der Waals surface area contributed by atoms with Crippen molar-refractivity contribution in [2.45, 2.75) is 20.0 Å². The summed E-state index contributed by atoms with van der Waals surface area (Å²) in [7, 11) is 0. The van der Waals surface area contributed by atoms with Crippen molar-refractivity contribution < 1.29 is 9.52 Å². The maximum atomic E-state index is 9.39. The van der Waals surface area contributed by atoms with Crippen LogP contribution in [0.3, 0.4) is 0 Å². The number of hydrogen-bond donors (Lipinski definition) is 1. The first-order valence-electron chi connectivity index (χ1n) is 3.43. The molecular weight excluding hydrogens is 128 g/mol. The molecule has 0 aliphatic heterocycles. The summed E-state index contributed by atoms with van der Waals surface area (Å²) in [4.78, 5) is 0. The number of aliphatic hydroxyl groups is 1. The van der Waals surface area contributed by atoms with Gasteiger partial charge in [0.1, 0.15) is 11.9 Å². The first-order valence-corrected chi connectivity index (χ1v) is 3.43. The van der Waals surface area contributed by atoms with Crippen molar-refractivity contribution in [3.05, 3.63) is 24.2 Å². The van der Waals surface area contributed by atoms with E-state index >= 15 is 0 Å². The Morgan fingerprint density at radius 1 is 1.50 bits per heavy atom. The van der Waals surface area contributed by atoms with Gasteiger partial charge in [-0.1, -0.05) is 13.8 Å². The Bertz CT molecular complexity index is 177. The number of hydrogen-bond acceptors (Lipinski definition) is 2. The Morgan fingerprint density at radius 3 is 2.60 bits per heavy atom. The van der Waals surface area contributed by atoms with Gasteiger partial charge in [0.25, 0.3) is 0 Å². The molecule has 1 N–H and O–H groups in total. The van der Waals surface area contributed by atoms with E-state index in [-0.39, 0.29) is 5.92 Å². The zero-order valence-corrected chi connectivity index (χ0v) is 6.24. The van der Waals surface area contributed by atoms with E-state index in [0.29, 0.717) is 5.76 Å². The lowest BCUT2D eigenvalue weighted by Gasteiger charge is -2.10. The van der Waals surface area contributed by atoms with E-state index in [1.54, 1.807) is 18.4 Å². The molecule has 0 unspecified atom stereocenters. The predicted octanol–water partition coefficient (Wildman–Crippen LogP) is 1.97. The van der Waals surface area contributed by atoms with Crippen LogP contribution >= 0.6 is 0 Å². The Hall–Kier alpha value is -0.760. The highest BCUT2D eigenvalue weighted by atomic mass is 16.4. The maximum Gasteiger partial charge on any atom is 0.132 e. The molecule has 0 aliphatic carbocycles. The average Bonchev–Trinajstić information content (AvgIpc) is 2.36. The monoisotopic (exact) mass is 140 g/mol. The molecule has 1 rings (SSSR count). The molecule has 1 aromatic rings. The molecule has 0 aliphatic rings. The van der Waals surface area contributed by atoms with Crippen LogP contribution < -0.4 is 0 Å². The van der Waals surface area contributed by atoms with E-state index in [4.69, 9.17) is 4.42 Å². The molecule has 0 radical (unpaired) electrons. The van der Waals surface area contributed by atoms with E-state index in [2.05, 4.69) is 0 Å². The minimum Gasteiger partial charge on any atom is -0.467 e. The lowest BCUT2D eigenvalue weighted by atomic mass is 10.1. The Kier molecular flexibility index (Phi) is 2.12. The summed E-state index contributed by atoms with van der Waals surface area (Å²) in [5, 5.41) is 9.39. The zero-order chi connectivity index (χ0) is 7.56. The fraction of sp³-hybridized carbons (Fsp3) is 0.500. The fourth-order valence-electron chi connectivity index (χ4n) is 0.788. The highest BCUT2D eigenvalue weighted by molar-refractivity contribution is 5.02. The first-order chi connectivity index (χ1) is 4.72. The van der Waals surface area contributed by atoms with Gasteiger partial charge in [-0.2, -0.15) is 0 Å². The summed E-state index contributed by atoms with van der Waals surface area (Å²) in [5.41, 5.74) is 0. The van der Waals surface area contributed by atoms with Gasteiger partial charge in [-0.3, -0.25) is 0 Å². The van der Waals surface area contributed by atoms with Crippen molar-refractivity contribution >= 4 is 0 Å². The van der Waals surface area contributed by atoms with Gasteiger partial charge in [0.15, 0.2) is 0 Å². The summed E-state index contributed by atoms with van der Waals surface area (Å²) >= 11 is 0. The molecule has 10 heavy (non-hydrogen) atoms. The molecule has 0 saturated carbocycles. The molecule has 1 atom stereocenters. The van der Waals surface area contributed by atoms with Crippen molar-refractivity contribution in [1.82, 2.24) is 0 Å². The molecule has 0 spiro atoms. The Labute approximate surface area is 60.5 Å². The lowest BCUT2D eigenvalue weighted by Crippen LogP contribution is -2.03. The third kappa shape index (κ3) is 1.39. The second-order valence-corrected chi connectivity index (χ2v) is 2.70. The van der Waals surface area contributed by atoms with Gasteiger partial charge in [-0.05, 0) is 18.1 Å². The van der Waals surface area contributed by atoms with Crippen molar-refractivity contribution in [2.75, 3.05) is 0 Å². The smallest absolute Gasteiger partial charge is 0.132 e. The summed E-state index contributed by atoms with van der Waals surface area (Å²) < 4.78 is 5.01. The van der Waals surface area contributed by atoms with E-state index in [1.807, 2.05) is 13.8 Å². The molecule has 1 heterocycles. The quantitative estimate of drug-likeness (QED) is 0.681. The molecule has 0 bridgehead atoms. The molecule has 56 valence electrons. The third-order valence-corrected chi connectivity index (χ3v) is 1.47. The van der Waals surface area contributed by atoms with E-state index < -0.39 is 6.10 Å². The second kappa shape index (κ2) is 2.88. The van der Waals surface area contributed by atoms with E-state index in [1.165, 1.54) is 0 Å². The van der Waals surface area contributed by atoms with Crippen molar-refractivity contribution in [3.63, 3.8) is 0 Å². The average molecular weight is 140 g/mol. The molecule has 1 aromatic heterocycles. The van der Waals surface area contributed by atoms with Crippen LogP contribution in [0.15, 0.2) is 22.8 Å². The number of furan rings is 1. The number of aliphatic hydroxyl groups excluding tert-OH is 1. The van der Waals surface area contributed by atoms with Crippen molar-refractivity contribution in [2.24, 2.45) is 5.92 Å². The van der Waals surface area contributed by atoms with Crippen LogP contribution in [0.2, 0.25) is 0 Å². The van der Waals surface area contributed by atoms with Crippen molar-refractivity contribution in [1.29, 1.82) is 0 Å². The molecule has 0 aromatic carbocycles. The molecule has 0 amide bonds. The minimum atomic E-state index is -0.463. The summed E-state index contributed by atoms with van der Waals surface area (Å²) in [6.07, 6.45) is 1.11. The topological polar surface area (TPSA) is 33.4 Å². The highest BCUT2D eigenvalue weighted by Crippen LogP contribution is 2.20. The summed E-state index contributed by atoms with van der Waals surface area (Å²) in [6, 6.07) is 3.56. The van der Waals surface area contributed by atoms with Crippen molar-refractivity contribution in [3.8, 4) is 0 Å². The molecule has 0 saturated heterocycles. The fourth-order valence-corrected chi connectivity index (χ4v) is 0.788. The van der Waals surface area contributed by atoms with Gasteiger partial charge in [-0.25, -0.2) is 0 Å². The Morgan fingerprint density at radius 2 is 2.20 bits per heavy atom. The van der Waals surface area contributed by atoms with Crippen LogP contribution in [0.1, 0.15) is 25.7 Å². The normalized spacial score (nSPS) is 14.0. The zero-order valence-electron chi connectivity index (χ0n) is 6.24. The number of rotatable bonds is 2. The standard InChI is InChI=1S/C8H12O2/c1-6(2)8(9)7-4-3-5-10-7/h3-6,8-9H,1-2H3/t8-/m1/s1. The largest absolute Gasteiger partial charge is 0.467 e. The molecule has 2 heteroatoms. The van der Waals surface area contributed by atoms with E-state index in [0.717, 1.165) is 0 Å². The van der Waals surface area contributed by atoms with Gasteiger partial charge in [0.05, 0.1) is 6.26 Å². The maximum absolute atomic E-state index is 9.39. The van der Waals surface area contributed by atoms with E-state index in [9.17, 15) is 5.11 Å². The van der Waals surface area contributed by atoms with Gasteiger partial charge in [0, 0.05) is 0 Å². The van der Waals surface area contributed by atoms with Crippen LogP contribution in [0, 0.1) is 5.92 Å². The van der Waals surface area contributed by atoms with Gasteiger partial charge in [-0.15, -0.1) is 0 Å². The predicted molar refractivity (Wildman–Crippen MR) is 38.5 cm³/mol. The SMILES string of the molecule is CC(C)[C@@H](O)c1ccco1. The van der Waals surface area contributed by atoms with Crippen LogP contribution in [-0.2, 0) is 0 Å². The van der Waals surface area contributed by atoms with Gasteiger partial charge in [0.2, 0.25) is 0 Å². The highest BCUT2D eigenvalue weighted by Gasteiger charge is 2.13. The lowest BCUT2D eigenvalue weighted by molar-refractivity contribution is 0.103.